The number of hydrogen-bond acceptors (Lipinski definition) is 5. The first-order chi connectivity index (χ1) is 13.9. The summed E-state index contributed by atoms with van der Waals surface area (Å²) in [5, 5.41) is 3.01. The number of ether oxygens (including phenoxy) is 2. The summed E-state index contributed by atoms with van der Waals surface area (Å²) in [5.41, 5.74) is 3.59. The van der Waals surface area contributed by atoms with Crippen LogP contribution in [0.25, 0.3) is 0 Å². The van der Waals surface area contributed by atoms with Gasteiger partial charge in [0.15, 0.2) is 11.5 Å². The van der Waals surface area contributed by atoms with Gasteiger partial charge in [0.05, 0.1) is 13.2 Å². The van der Waals surface area contributed by atoms with Gasteiger partial charge in [0.25, 0.3) is 5.91 Å². The number of methoxy groups -OCH3 is 1. The summed E-state index contributed by atoms with van der Waals surface area (Å²) in [4.78, 5) is 17.5. The molecule has 0 radical (unpaired) electrons. The molecular weight excluding hydrogens is 366 g/mol. The van der Waals surface area contributed by atoms with E-state index in [1.807, 2.05) is 26.8 Å². The summed E-state index contributed by atoms with van der Waals surface area (Å²) in [5.74, 6) is 1.01. The lowest BCUT2D eigenvalue weighted by Gasteiger charge is -2.34. The molecule has 2 aromatic rings. The van der Waals surface area contributed by atoms with Gasteiger partial charge in [-0.1, -0.05) is 0 Å². The highest BCUT2D eigenvalue weighted by molar-refractivity contribution is 6.05. The average molecular weight is 398 g/mol. The zero-order valence-electron chi connectivity index (χ0n) is 18.0. The van der Waals surface area contributed by atoms with Gasteiger partial charge < -0.3 is 24.6 Å². The van der Waals surface area contributed by atoms with Gasteiger partial charge in [0, 0.05) is 43.1 Å². The van der Waals surface area contributed by atoms with Crippen LogP contribution in [0.4, 0.5) is 11.4 Å². The van der Waals surface area contributed by atoms with Crippen molar-refractivity contribution in [3.05, 3.63) is 47.5 Å². The van der Waals surface area contributed by atoms with Gasteiger partial charge in [-0.2, -0.15) is 0 Å². The van der Waals surface area contributed by atoms with E-state index in [0.29, 0.717) is 17.1 Å². The van der Waals surface area contributed by atoms with Crippen molar-refractivity contribution in [2.75, 3.05) is 50.6 Å². The Balaban J connectivity index is 1.72. The zero-order valence-corrected chi connectivity index (χ0v) is 18.0. The SMILES string of the molecule is COc1cc(C(=O)Nc2ccc(N3CCN(C)CC3)cc2C)ccc1OC(C)C. The zero-order chi connectivity index (χ0) is 21.0. The van der Waals surface area contributed by atoms with Crippen LogP contribution in [0.3, 0.4) is 0 Å². The third-order valence-corrected chi connectivity index (χ3v) is 5.12. The maximum absolute atomic E-state index is 12.8. The van der Waals surface area contributed by atoms with Gasteiger partial charge in [-0.15, -0.1) is 0 Å². The molecule has 6 heteroatoms. The van der Waals surface area contributed by atoms with E-state index in [4.69, 9.17) is 9.47 Å². The number of hydrogen-bond donors (Lipinski definition) is 1. The molecule has 1 N–H and O–H groups in total. The Morgan fingerprint density at radius 1 is 1.03 bits per heavy atom. The minimum Gasteiger partial charge on any atom is -0.493 e. The molecule has 0 spiro atoms. The van der Waals surface area contributed by atoms with E-state index in [-0.39, 0.29) is 12.0 Å². The van der Waals surface area contributed by atoms with Crippen LogP contribution in [0.2, 0.25) is 0 Å². The Labute approximate surface area is 173 Å². The molecule has 1 aliphatic rings. The van der Waals surface area contributed by atoms with Crippen molar-refractivity contribution in [1.29, 1.82) is 0 Å². The van der Waals surface area contributed by atoms with Gasteiger partial charge in [-0.3, -0.25) is 4.79 Å². The molecule has 6 nitrogen and oxygen atoms in total. The van der Waals surface area contributed by atoms with E-state index in [0.717, 1.165) is 37.4 Å². The van der Waals surface area contributed by atoms with E-state index in [2.05, 4.69) is 34.3 Å². The fourth-order valence-electron chi connectivity index (χ4n) is 3.40. The molecule has 0 bridgehead atoms. The molecule has 0 atom stereocenters. The van der Waals surface area contributed by atoms with Crippen molar-refractivity contribution in [2.45, 2.75) is 26.9 Å². The fourth-order valence-corrected chi connectivity index (χ4v) is 3.40. The Kier molecular flexibility index (Phi) is 6.64. The number of nitrogens with zero attached hydrogens (tertiary/aromatic N) is 2. The lowest BCUT2D eigenvalue weighted by Crippen LogP contribution is -2.44. The third kappa shape index (κ3) is 5.21. The number of nitrogens with one attached hydrogen (secondary N) is 1. The predicted molar refractivity (Wildman–Crippen MR) is 118 cm³/mol. The Morgan fingerprint density at radius 2 is 1.76 bits per heavy atom. The summed E-state index contributed by atoms with van der Waals surface area (Å²) in [6, 6.07) is 11.4. The molecular formula is C23H31N3O3. The standard InChI is InChI=1S/C23H31N3O3/c1-16(2)29-21-9-6-18(15-22(21)28-5)23(27)24-20-8-7-19(14-17(20)3)26-12-10-25(4)11-13-26/h6-9,14-16H,10-13H2,1-5H3,(H,24,27). The summed E-state index contributed by atoms with van der Waals surface area (Å²) < 4.78 is 11.1. The van der Waals surface area contributed by atoms with Crippen molar-refractivity contribution >= 4 is 17.3 Å². The van der Waals surface area contributed by atoms with Crippen molar-refractivity contribution in [2.24, 2.45) is 0 Å². The molecule has 0 aliphatic carbocycles. The summed E-state index contributed by atoms with van der Waals surface area (Å²) in [7, 11) is 3.73. The molecule has 29 heavy (non-hydrogen) atoms. The Hall–Kier alpha value is -2.73. The molecule has 2 aromatic carbocycles. The quantitative estimate of drug-likeness (QED) is 0.804. The lowest BCUT2D eigenvalue weighted by atomic mass is 10.1. The van der Waals surface area contributed by atoms with Crippen LogP contribution >= 0.6 is 0 Å². The monoisotopic (exact) mass is 397 g/mol. The molecule has 1 amide bonds. The average Bonchev–Trinajstić information content (AvgIpc) is 2.70. The minimum atomic E-state index is -0.171. The van der Waals surface area contributed by atoms with Crippen molar-refractivity contribution in [3.63, 3.8) is 0 Å². The Bertz CT molecular complexity index is 858. The molecule has 0 aromatic heterocycles. The maximum atomic E-state index is 12.8. The van der Waals surface area contributed by atoms with Crippen LogP contribution in [0.15, 0.2) is 36.4 Å². The van der Waals surface area contributed by atoms with Crippen LogP contribution in [0.1, 0.15) is 29.8 Å². The number of likely N-dealkylation sites (N-methyl/N-ethyl adjacent to an activating group) is 1. The molecule has 1 saturated heterocycles. The minimum absolute atomic E-state index is 0.0324. The summed E-state index contributed by atoms with van der Waals surface area (Å²) in [6.07, 6.45) is 0.0324. The van der Waals surface area contributed by atoms with Crippen LogP contribution in [0.5, 0.6) is 11.5 Å². The lowest BCUT2D eigenvalue weighted by molar-refractivity contribution is 0.102. The van der Waals surface area contributed by atoms with Gasteiger partial charge >= 0.3 is 0 Å². The second-order valence-corrected chi connectivity index (χ2v) is 7.78. The van der Waals surface area contributed by atoms with Gasteiger partial charge in [0.2, 0.25) is 0 Å². The van der Waals surface area contributed by atoms with Crippen LogP contribution < -0.4 is 19.7 Å². The normalized spacial score (nSPS) is 14.8. The summed E-state index contributed by atoms with van der Waals surface area (Å²) >= 11 is 0. The predicted octanol–water partition coefficient (Wildman–Crippen LogP) is 3.79. The smallest absolute Gasteiger partial charge is 0.255 e. The largest absolute Gasteiger partial charge is 0.493 e. The Morgan fingerprint density at radius 3 is 2.38 bits per heavy atom. The number of carbonyl (C=O) groups is 1. The van der Waals surface area contributed by atoms with Crippen molar-refractivity contribution in [3.8, 4) is 11.5 Å². The number of benzene rings is 2. The number of anilines is 2. The molecule has 3 rings (SSSR count). The fraction of sp³-hybridized carbons (Fsp3) is 0.435. The number of aryl methyl sites for hydroxylation is 1. The molecule has 1 heterocycles. The molecule has 1 aliphatic heterocycles. The van der Waals surface area contributed by atoms with Gasteiger partial charge in [-0.25, -0.2) is 0 Å². The number of carbonyl (C=O) groups excluding carboxylic acids is 1. The second kappa shape index (κ2) is 9.18. The van der Waals surface area contributed by atoms with E-state index in [1.54, 1.807) is 25.3 Å². The first kappa shape index (κ1) is 21.0. The molecule has 156 valence electrons. The van der Waals surface area contributed by atoms with Gasteiger partial charge in [0.1, 0.15) is 0 Å². The first-order valence-corrected chi connectivity index (χ1v) is 10.1. The van der Waals surface area contributed by atoms with Crippen LogP contribution in [-0.4, -0.2) is 57.2 Å². The second-order valence-electron chi connectivity index (χ2n) is 7.78. The number of rotatable bonds is 6. The number of amides is 1. The molecule has 0 unspecified atom stereocenters. The first-order valence-electron chi connectivity index (χ1n) is 10.1. The maximum Gasteiger partial charge on any atom is 0.255 e. The van der Waals surface area contributed by atoms with Crippen molar-refractivity contribution in [1.82, 2.24) is 4.90 Å². The van der Waals surface area contributed by atoms with E-state index >= 15 is 0 Å². The molecule has 0 saturated carbocycles. The van der Waals surface area contributed by atoms with Crippen molar-refractivity contribution < 1.29 is 14.3 Å². The van der Waals surface area contributed by atoms with Crippen LogP contribution in [-0.2, 0) is 0 Å². The van der Waals surface area contributed by atoms with E-state index in [9.17, 15) is 4.79 Å². The third-order valence-electron chi connectivity index (χ3n) is 5.12. The molecule has 1 fully saturated rings. The van der Waals surface area contributed by atoms with Crippen LogP contribution in [0, 0.1) is 6.92 Å². The van der Waals surface area contributed by atoms with Gasteiger partial charge in [-0.05, 0) is 69.8 Å². The highest BCUT2D eigenvalue weighted by Crippen LogP contribution is 2.30. The van der Waals surface area contributed by atoms with E-state index in [1.165, 1.54) is 5.69 Å². The number of piperazine rings is 1. The topological polar surface area (TPSA) is 54.0 Å². The highest BCUT2D eigenvalue weighted by atomic mass is 16.5. The summed E-state index contributed by atoms with van der Waals surface area (Å²) in [6.45, 7) is 10.1. The highest BCUT2D eigenvalue weighted by Gasteiger charge is 2.16. The van der Waals surface area contributed by atoms with E-state index < -0.39 is 0 Å².